The lowest BCUT2D eigenvalue weighted by atomic mass is 9.88. The van der Waals surface area contributed by atoms with Crippen molar-refractivity contribution in [1.82, 2.24) is 9.97 Å². The van der Waals surface area contributed by atoms with Gasteiger partial charge in [0.2, 0.25) is 0 Å². The number of fused-ring (bicyclic) bond motifs is 4. The lowest BCUT2D eigenvalue weighted by molar-refractivity contribution is 0.669. The summed E-state index contributed by atoms with van der Waals surface area (Å²) in [6, 6.07) is 68.1. The molecule has 53 heavy (non-hydrogen) atoms. The van der Waals surface area contributed by atoms with Gasteiger partial charge < -0.3 is 4.42 Å². The molecule has 0 saturated heterocycles. The van der Waals surface area contributed by atoms with E-state index in [1.807, 2.05) is 24.3 Å². The van der Waals surface area contributed by atoms with Crippen molar-refractivity contribution >= 4 is 32.7 Å². The lowest BCUT2D eigenvalue weighted by Crippen LogP contribution is -1.97. The molecule has 0 spiro atoms. The average molecular weight is 677 g/mol. The molecule has 0 amide bonds. The van der Waals surface area contributed by atoms with Gasteiger partial charge in [-0.2, -0.15) is 0 Å². The molecule has 248 valence electrons. The number of aromatic nitrogens is 2. The Kier molecular flexibility index (Phi) is 7.47. The third kappa shape index (κ3) is 5.65. The summed E-state index contributed by atoms with van der Waals surface area (Å²) in [6.45, 7) is 0. The summed E-state index contributed by atoms with van der Waals surface area (Å²) in [5.74, 6) is 0.692. The number of benzene rings is 8. The van der Waals surface area contributed by atoms with Crippen LogP contribution in [0.25, 0.3) is 100.0 Å². The molecule has 0 radical (unpaired) electrons. The highest BCUT2D eigenvalue weighted by Crippen LogP contribution is 2.45. The van der Waals surface area contributed by atoms with Crippen molar-refractivity contribution in [3.63, 3.8) is 0 Å². The largest absolute Gasteiger partial charge is 0.456 e. The summed E-state index contributed by atoms with van der Waals surface area (Å²) in [5, 5.41) is 4.57. The molecule has 0 bridgehead atoms. The Morgan fingerprint density at radius 3 is 1.55 bits per heavy atom. The van der Waals surface area contributed by atoms with Crippen molar-refractivity contribution in [2.45, 2.75) is 0 Å². The van der Waals surface area contributed by atoms with Crippen molar-refractivity contribution < 1.29 is 4.42 Å². The molecule has 0 fully saturated rings. The zero-order chi connectivity index (χ0) is 35.1. The minimum absolute atomic E-state index is 0.692. The number of rotatable bonds is 6. The first kappa shape index (κ1) is 30.7. The normalized spacial score (nSPS) is 11.4. The molecule has 2 heterocycles. The van der Waals surface area contributed by atoms with Gasteiger partial charge in [0.05, 0.1) is 11.4 Å². The Morgan fingerprint density at radius 1 is 0.340 bits per heavy atom. The smallest absolute Gasteiger partial charge is 0.160 e. The molecule has 0 aliphatic heterocycles. The van der Waals surface area contributed by atoms with Crippen LogP contribution in [0.1, 0.15) is 0 Å². The quantitative estimate of drug-likeness (QED) is 0.176. The third-order valence-corrected chi connectivity index (χ3v) is 10.0. The van der Waals surface area contributed by atoms with Gasteiger partial charge in [0.1, 0.15) is 11.2 Å². The molecule has 0 unspecified atom stereocenters. The van der Waals surface area contributed by atoms with Gasteiger partial charge in [-0.1, -0.05) is 152 Å². The van der Waals surface area contributed by atoms with Crippen LogP contribution in [0, 0.1) is 0 Å². The zero-order valence-corrected chi connectivity index (χ0v) is 28.8. The van der Waals surface area contributed by atoms with Gasteiger partial charge in [0, 0.05) is 33.0 Å². The first-order chi connectivity index (χ1) is 26.2. The SMILES string of the molecule is c1ccc(-c2cc(-c3cc(-c4ccccc4)nc(-c4ccccc4)n3)cc(-c3ccc4oc5cc6ccccc6cc5c4c3-c3ccccc3)c2)cc1. The second kappa shape index (κ2) is 12.9. The monoisotopic (exact) mass is 676 g/mol. The molecule has 10 rings (SSSR count). The van der Waals surface area contributed by atoms with E-state index in [1.165, 1.54) is 5.39 Å². The Bertz CT molecular complexity index is 2860. The summed E-state index contributed by atoms with van der Waals surface area (Å²) in [6.07, 6.45) is 0. The standard InChI is InChI=1S/C50H32N2O/c1-5-15-33(16-6-1)39-27-40(29-41(28-39)45-32-44(34-17-7-2-8-18-34)51-50(52-45)36-21-11-4-12-22-36)42-25-26-46-49(48(42)35-19-9-3-10-20-35)43-30-37-23-13-14-24-38(37)31-47(43)53-46/h1-32H. The van der Waals surface area contributed by atoms with E-state index in [9.17, 15) is 0 Å². The maximum Gasteiger partial charge on any atom is 0.160 e. The number of nitrogens with zero attached hydrogens (tertiary/aromatic N) is 2. The lowest BCUT2D eigenvalue weighted by Gasteiger charge is -2.16. The molecule has 2 aromatic heterocycles. The van der Waals surface area contributed by atoms with Crippen LogP contribution in [0.4, 0.5) is 0 Å². The van der Waals surface area contributed by atoms with Gasteiger partial charge in [-0.05, 0) is 81.1 Å². The van der Waals surface area contributed by atoms with E-state index in [0.29, 0.717) is 5.82 Å². The Morgan fingerprint density at radius 2 is 0.868 bits per heavy atom. The Balaban J connectivity index is 1.26. The van der Waals surface area contributed by atoms with Gasteiger partial charge in [0.15, 0.2) is 5.82 Å². The van der Waals surface area contributed by atoms with Crippen molar-refractivity contribution in [2.24, 2.45) is 0 Å². The number of furan rings is 1. The van der Waals surface area contributed by atoms with Gasteiger partial charge in [-0.25, -0.2) is 9.97 Å². The summed E-state index contributed by atoms with van der Waals surface area (Å²) in [7, 11) is 0. The minimum atomic E-state index is 0.692. The van der Waals surface area contributed by atoms with E-state index in [-0.39, 0.29) is 0 Å². The van der Waals surface area contributed by atoms with E-state index in [4.69, 9.17) is 14.4 Å². The van der Waals surface area contributed by atoms with Crippen LogP contribution in [0.2, 0.25) is 0 Å². The fraction of sp³-hybridized carbons (Fsp3) is 0. The van der Waals surface area contributed by atoms with Crippen molar-refractivity contribution in [3.8, 4) is 67.3 Å². The van der Waals surface area contributed by atoms with Gasteiger partial charge in [0.25, 0.3) is 0 Å². The molecule has 0 N–H and O–H groups in total. The maximum absolute atomic E-state index is 6.59. The number of hydrogen-bond donors (Lipinski definition) is 0. The molecule has 3 heteroatoms. The molecule has 0 aliphatic carbocycles. The van der Waals surface area contributed by atoms with Crippen LogP contribution in [-0.4, -0.2) is 9.97 Å². The topological polar surface area (TPSA) is 38.9 Å². The Labute approximate surface area is 307 Å². The molecule has 3 nitrogen and oxygen atoms in total. The van der Waals surface area contributed by atoms with Crippen molar-refractivity contribution in [1.29, 1.82) is 0 Å². The fourth-order valence-corrected chi connectivity index (χ4v) is 7.50. The number of hydrogen-bond acceptors (Lipinski definition) is 3. The highest BCUT2D eigenvalue weighted by atomic mass is 16.3. The highest BCUT2D eigenvalue weighted by Gasteiger charge is 2.20. The summed E-state index contributed by atoms with van der Waals surface area (Å²) in [5.41, 5.74) is 13.3. The van der Waals surface area contributed by atoms with Gasteiger partial charge >= 0.3 is 0 Å². The molecule has 8 aromatic carbocycles. The van der Waals surface area contributed by atoms with Gasteiger partial charge in [-0.15, -0.1) is 0 Å². The molecule has 0 aliphatic rings. The third-order valence-electron chi connectivity index (χ3n) is 10.0. The van der Waals surface area contributed by atoms with E-state index < -0.39 is 0 Å². The Hall–Kier alpha value is -7.10. The molecule has 0 atom stereocenters. The van der Waals surface area contributed by atoms with Crippen LogP contribution in [-0.2, 0) is 0 Å². The second-order valence-corrected chi connectivity index (χ2v) is 13.4. The predicted octanol–water partition coefficient (Wildman–Crippen LogP) is 13.5. The summed E-state index contributed by atoms with van der Waals surface area (Å²) in [4.78, 5) is 10.3. The maximum atomic E-state index is 6.59. The van der Waals surface area contributed by atoms with Crippen LogP contribution in [0.15, 0.2) is 199 Å². The van der Waals surface area contributed by atoms with E-state index >= 15 is 0 Å². The van der Waals surface area contributed by atoms with Crippen LogP contribution in [0.5, 0.6) is 0 Å². The van der Waals surface area contributed by atoms with Crippen molar-refractivity contribution in [3.05, 3.63) is 194 Å². The minimum Gasteiger partial charge on any atom is -0.456 e. The van der Waals surface area contributed by atoms with Crippen molar-refractivity contribution in [2.75, 3.05) is 0 Å². The van der Waals surface area contributed by atoms with E-state index in [0.717, 1.165) is 88.8 Å². The fourth-order valence-electron chi connectivity index (χ4n) is 7.50. The van der Waals surface area contributed by atoms with E-state index in [2.05, 4.69) is 170 Å². The molecule has 10 aromatic rings. The molecular formula is C50H32N2O. The first-order valence-corrected chi connectivity index (χ1v) is 17.9. The van der Waals surface area contributed by atoms with Crippen LogP contribution in [0.3, 0.4) is 0 Å². The summed E-state index contributed by atoms with van der Waals surface area (Å²) >= 11 is 0. The van der Waals surface area contributed by atoms with Crippen LogP contribution < -0.4 is 0 Å². The molecule has 0 saturated carbocycles. The molecular weight excluding hydrogens is 645 g/mol. The summed E-state index contributed by atoms with van der Waals surface area (Å²) < 4.78 is 6.59. The highest BCUT2D eigenvalue weighted by molar-refractivity contribution is 6.18. The predicted molar refractivity (Wildman–Crippen MR) is 219 cm³/mol. The average Bonchev–Trinajstić information content (AvgIpc) is 3.60. The first-order valence-electron chi connectivity index (χ1n) is 17.9. The van der Waals surface area contributed by atoms with Crippen LogP contribution >= 0.6 is 0 Å². The second-order valence-electron chi connectivity index (χ2n) is 13.4. The van der Waals surface area contributed by atoms with E-state index in [1.54, 1.807) is 0 Å². The zero-order valence-electron chi connectivity index (χ0n) is 28.8. The van der Waals surface area contributed by atoms with Gasteiger partial charge in [-0.3, -0.25) is 0 Å².